The predicted octanol–water partition coefficient (Wildman–Crippen LogP) is 3.66. The number of ether oxygens (including phenoxy) is 1. The van der Waals surface area contributed by atoms with E-state index in [1.807, 2.05) is 36.7 Å². The number of carbonyl (C=O) groups excluding carboxylic acids is 1. The number of hydrogen-bond donors (Lipinski definition) is 4. The highest BCUT2D eigenvalue weighted by Crippen LogP contribution is 2.34. The van der Waals surface area contributed by atoms with E-state index in [2.05, 4.69) is 46.1 Å². The van der Waals surface area contributed by atoms with Gasteiger partial charge in [0.1, 0.15) is 23.7 Å². The topological polar surface area (TPSA) is 128 Å². The van der Waals surface area contributed by atoms with Crippen molar-refractivity contribution in [1.82, 2.24) is 15.0 Å². The smallest absolute Gasteiger partial charge is 0.263 e. The summed E-state index contributed by atoms with van der Waals surface area (Å²) < 4.78 is 5.60. The van der Waals surface area contributed by atoms with E-state index in [9.17, 15) is 9.59 Å². The third-order valence-electron chi connectivity index (χ3n) is 6.92. The van der Waals surface area contributed by atoms with Crippen LogP contribution in [0.2, 0.25) is 0 Å². The minimum absolute atomic E-state index is 0.0129. The van der Waals surface area contributed by atoms with Gasteiger partial charge in [-0.25, -0.2) is 9.97 Å². The Morgan fingerprint density at radius 2 is 1.85 bits per heavy atom. The number of benzene rings is 1. The molecule has 0 spiro atoms. The molecule has 5 heterocycles. The molecule has 1 fully saturated rings. The lowest BCUT2D eigenvalue weighted by Crippen LogP contribution is -2.46. The van der Waals surface area contributed by atoms with Crippen LogP contribution in [-0.4, -0.2) is 60.2 Å². The molecule has 1 amide bonds. The zero-order chi connectivity index (χ0) is 26.8. The van der Waals surface area contributed by atoms with E-state index in [4.69, 9.17) is 4.74 Å². The lowest BCUT2D eigenvalue weighted by Gasteiger charge is -2.36. The summed E-state index contributed by atoms with van der Waals surface area (Å²) in [5.74, 6) is 1.07. The maximum Gasteiger partial charge on any atom is 0.263 e. The Kier molecular flexibility index (Phi) is 6.76. The van der Waals surface area contributed by atoms with Crippen molar-refractivity contribution in [2.45, 2.75) is 6.92 Å². The first-order chi connectivity index (χ1) is 19.1. The molecule has 4 aromatic rings. The van der Waals surface area contributed by atoms with Crippen molar-refractivity contribution in [1.29, 1.82) is 0 Å². The number of carbonyl (C=O) groups is 1. The quantitative estimate of drug-likeness (QED) is 0.288. The highest BCUT2D eigenvalue weighted by Gasteiger charge is 2.21. The van der Waals surface area contributed by atoms with Gasteiger partial charge in [0.15, 0.2) is 0 Å². The molecule has 4 N–H and O–H groups in total. The molecule has 2 aliphatic rings. The first kappa shape index (κ1) is 24.7. The average Bonchev–Trinajstić information content (AvgIpc) is 3.51. The van der Waals surface area contributed by atoms with Crippen LogP contribution in [0.3, 0.4) is 0 Å². The normalized spacial score (nSPS) is 14.7. The summed E-state index contributed by atoms with van der Waals surface area (Å²) >= 11 is 1.61. The monoisotopic (exact) mass is 544 g/mol. The van der Waals surface area contributed by atoms with Gasteiger partial charge in [-0.1, -0.05) is 0 Å². The molecule has 12 heteroatoms. The van der Waals surface area contributed by atoms with Gasteiger partial charge in [-0.05, 0) is 37.3 Å². The van der Waals surface area contributed by atoms with Crippen LogP contribution in [0.1, 0.15) is 15.9 Å². The van der Waals surface area contributed by atoms with Gasteiger partial charge in [0.05, 0.1) is 23.1 Å². The predicted molar refractivity (Wildman–Crippen MR) is 154 cm³/mol. The van der Waals surface area contributed by atoms with Crippen LogP contribution >= 0.6 is 11.3 Å². The maximum absolute atomic E-state index is 13.3. The number of rotatable bonds is 6. The van der Waals surface area contributed by atoms with Gasteiger partial charge in [-0.15, -0.1) is 11.3 Å². The Labute approximate surface area is 228 Å². The Bertz CT molecular complexity index is 1530. The summed E-state index contributed by atoms with van der Waals surface area (Å²) in [6, 6.07) is 9.34. The Morgan fingerprint density at radius 3 is 2.62 bits per heavy atom. The SMILES string of the molecule is Cc1c(Nc2cc[nH]c(=O)c2C(=O)Nc2ccc(N3CCN(c4cscn4)CC3)cc2)cnc2c1NCCO2. The molecular formula is C27H28N8O3S. The van der Waals surface area contributed by atoms with E-state index in [0.717, 1.165) is 48.9 Å². The number of pyridine rings is 2. The van der Waals surface area contributed by atoms with Crippen LogP contribution in [0.15, 0.2) is 58.4 Å². The molecule has 0 radical (unpaired) electrons. The van der Waals surface area contributed by atoms with Gasteiger partial charge >= 0.3 is 0 Å². The van der Waals surface area contributed by atoms with E-state index >= 15 is 0 Å². The summed E-state index contributed by atoms with van der Waals surface area (Å²) in [4.78, 5) is 42.0. The second kappa shape index (κ2) is 10.7. The van der Waals surface area contributed by atoms with Crippen molar-refractivity contribution < 1.29 is 9.53 Å². The van der Waals surface area contributed by atoms with E-state index in [1.54, 1.807) is 23.6 Å². The number of H-pyrrole nitrogens is 1. The van der Waals surface area contributed by atoms with E-state index < -0.39 is 11.5 Å². The number of piperazine rings is 1. The third kappa shape index (κ3) is 5.10. The molecule has 0 unspecified atom stereocenters. The number of amides is 1. The van der Waals surface area contributed by atoms with Gasteiger partial charge in [0.25, 0.3) is 11.5 Å². The van der Waals surface area contributed by atoms with Crippen LogP contribution in [0.25, 0.3) is 0 Å². The number of anilines is 6. The highest BCUT2D eigenvalue weighted by molar-refractivity contribution is 7.07. The molecule has 0 aliphatic carbocycles. The fourth-order valence-electron chi connectivity index (χ4n) is 4.81. The number of nitrogens with one attached hydrogen (secondary N) is 4. The van der Waals surface area contributed by atoms with Crippen molar-refractivity contribution in [3.8, 4) is 5.88 Å². The Balaban J connectivity index is 1.15. The van der Waals surface area contributed by atoms with Crippen LogP contribution in [0.4, 0.5) is 34.3 Å². The van der Waals surface area contributed by atoms with E-state index in [-0.39, 0.29) is 5.56 Å². The first-order valence-electron chi connectivity index (χ1n) is 12.7. The first-order valence-corrected chi connectivity index (χ1v) is 13.7. The minimum Gasteiger partial charge on any atom is -0.474 e. The molecule has 1 saturated heterocycles. The Morgan fingerprint density at radius 1 is 1.05 bits per heavy atom. The van der Waals surface area contributed by atoms with Crippen LogP contribution in [-0.2, 0) is 0 Å². The largest absolute Gasteiger partial charge is 0.474 e. The van der Waals surface area contributed by atoms with E-state index in [0.29, 0.717) is 36.1 Å². The van der Waals surface area contributed by atoms with Gasteiger partial charge in [-0.3, -0.25) is 9.59 Å². The number of nitrogens with zero attached hydrogens (tertiary/aromatic N) is 4. The van der Waals surface area contributed by atoms with Crippen molar-refractivity contribution in [3.05, 3.63) is 75.1 Å². The fraction of sp³-hybridized carbons (Fsp3) is 0.259. The highest BCUT2D eigenvalue weighted by atomic mass is 32.1. The van der Waals surface area contributed by atoms with Crippen LogP contribution < -0.4 is 36.0 Å². The second-order valence-electron chi connectivity index (χ2n) is 9.29. The molecule has 3 aromatic heterocycles. The number of fused-ring (bicyclic) bond motifs is 1. The zero-order valence-electron chi connectivity index (χ0n) is 21.4. The molecule has 39 heavy (non-hydrogen) atoms. The summed E-state index contributed by atoms with van der Waals surface area (Å²) in [6.07, 6.45) is 3.15. The summed E-state index contributed by atoms with van der Waals surface area (Å²) in [5.41, 5.74) is 5.78. The maximum atomic E-state index is 13.3. The van der Waals surface area contributed by atoms with Crippen LogP contribution in [0.5, 0.6) is 5.88 Å². The fourth-order valence-corrected chi connectivity index (χ4v) is 5.37. The van der Waals surface area contributed by atoms with Crippen molar-refractivity contribution in [3.63, 3.8) is 0 Å². The molecular weight excluding hydrogens is 516 g/mol. The van der Waals surface area contributed by atoms with Gasteiger partial charge in [-0.2, -0.15) is 0 Å². The molecule has 0 saturated carbocycles. The molecule has 1 aromatic carbocycles. The Hall–Kier alpha value is -4.58. The zero-order valence-corrected chi connectivity index (χ0v) is 22.2. The van der Waals surface area contributed by atoms with Gasteiger partial charge in [0.2, 0.25) is 5.88 Å². The van der Waals surface area contributed by atoms with Crippen molar-refractivity contribution in [2.75, 3.05) is 65.1 Å². The molecule has 0 bridgehead atoms. The van der Waals surface area contributed by atoms with Gasteiger partial charge in [0, 0.05) is 61.2 Å². The third-order valence-corrected chi connectivity index (χ3v) is 7.49. The molecule has 2 aliphatic heterocycles. The number of hydrogen-bond acceptors (Lipinski definition) is 10. The average molecular weight is 545 g/mol. The number of aromatic nitrogens is 3. The lowest BCUT2D eigenvalue weighted by molar-refractivity contribution is 0.102. The molecule has 200 valence electrons. The van der Waals surface area contributed by atoms with Crippen molar-refractivity contribution >= 4 is 51.5 Å². The van der Waals surface area contributed by atoms with E-state index in [1.165, 1.54) is 6.20 Å². The summed E-state index contributed by atoms with van der Waals surface area (Å²) in [6.45, 7) is 6.73. The standard InChI is InChI=1S/C27H28N8O3S/c1-17-21(14-30-27-24(17)28-8-13-38-27)33-20-6-7-29-25(36)23(20)26(37)32-18-2-4-19(5-3-18)34-9-11-35(12-10-34)22-15-39-16-31-22/h2-7,14-16,28H,8-13H2,1H3,(H,32,37)(H2,29,33,36). The minimum atomic E-state index is -0.506. The van der Waals surface area contributed by atoms with Crippen LogP contribution in [0, 0.1) is 6.92 Å². The second-order valence-corrected chi connectivity index (χ2v) is 10.0. The summed E-state index contributed by atoms with van der Waals surface area (Å²) in [7, 11) is 0. The van der Waals surface area contributed by atoms with Gasteiger partial charge < -0.3 is 35.5 Å². The summed E-state index contributed by atoms with van der Waals surface area (Å²) in [5, 5.41) is 11.4. The lowest BCUT2D eigenvalue weighted by atomic mass is 10.1. The molecule has 11 nitrogen and oxygen atoms in total. The molecule has 0 atom stereocenters. The molecule has 6 rings (SSSR count). The number of aromatic amines is 1. The van der Waals surface area contributed by atoms with Crippen molar-refractivity contribution in [2.24, 2.45) is 0 Å². The number of thiazole rings is 1.